The van der Waals surface area contributed by atoms with Crippen molar-refractivity contribution >= 4 is 24.3 Å². The molecule has 0 aliphatic heterocycles. The summed E-state index contributed by atoms with van der Waals surface area (Å²) in [5.41, 5.74) is 5.78. The lowest BCUT2D eigenvalue weighted by Crippen LogP contribution is -2.33. The molecule has 20 heavy (non-hydrogen) atoms. The lowest BCUT2D eigenvalue weighted by molar-refractivity contribution is -0.151. The molecule has 0 aliphatic rings. The molecule has 3 N–H and O–H groups in total. The van der Waals surface area contributed by atoms with Crippen molar-refractivity contribution in [2.45, 2.75) is 33.4 Å². The SMILES string of the molecule is CC(C)OC(=O)C(C)CNC(=O)c1coc(CN)c1.Cl. The summed E-state index contributed by atoms with van der Waals surface area (Å²) in [7, 11) is 0. The van der Waals surface area contributed by atoms with E-state index in [2.05, 4.69) is 5.32 Å². The van der Waals surface area contributed by atoms with E-state index < -0.39 is 5.92 Å². The molecule has 1 amide bonds. The van der Waals surface area contributed by atoms with Crippen molar-refractivity contribution < 1.29 is 18.7 Å². The summed E-state index contributed by atoms with van der Waals surface area (Å²) in [4.78, 5) is 23.3. The van der Waals surface area contributed by atoms with E-state index in [4.69, 9.17) is 14.9 Å². The second-order valence-corrected chi connectivity index (χ2v) is 4.60. The molecule has 0 saturated heterocycles. The Hall–Kier alpha value is -1.53. The molecule has 1 heterocycles. The van der Waals surface area contributed by atoms with Crippen molar-refractivity contribution in [2.24, 2.45) is 11.7 Å². The highest BCUT2D eigenvalue weighted by atomic mass is 35.5. The van der Waals surface area contributed by atoms with Crippen molar-refractivity contribution in [3.05, 3.63) is 23.7 Å². The van der Waals surface area contributed by atoms with Crippen LogP contribution < -0.4 is 11.1 Å². The van der Waals surface area contributed by atoms with Gasteiger partial charge in [0.2, 0.25) is 0 Å². The van der Waals surface area contributed by atoms with Crippen LogP contribution in [0.1, 0.15) is 36.9 Å². The Morgan fingerprint density at radius 3 is 2.55 bits per heavy atom. The number of halogens is 1. The van der Waals surface area contributed by atoms with Gasteiger partial charge >= 0.3 is 5.97 Å². The maximum Gasteiger partial charge on any atom is 0.310 e. The summed E-state index contributed by atoms with van der Waals surface area (Å²) >= 11 is 0. The predicted octanol–water partition coefficient (Wildman–Crippen LogP) is 1.48. The van der Waals surface area contributed by atoms with E-state index in [0.717, 1.165) is 0 Å². The molecule has 7 heteroatoms. The normalized spacial score (nSPS) is 11.7. The van der Waals surface area contributed by atoms with Crippen molar-refractivity contribution in [1.29, 1.82) is 0 Å². The average Bonchev–Trinajstić information content (AvgIpc) is 2.83. The van der Waals surface area contributed by atoms with Crippen LogP contribution in [0.25, 0.3) is 0 Å². The van der Waals surface area contributed by atoms with Gasteiger partial charge in [-0.1, -0.05) is 6.92 Å². The smallest absolute Gasteiger partial charge is 0.310 e. The lowest BCUT2D eigenvalue weighted by Gasteiger charge is -2.14. The minimum absolute atomic E-state index is 0. The zero-order valence-corrected chi connectivity index (χ0v) is 12.7. The van der Waals surface area contributed by atoms with Crippen LogP contribution in [0.15, 0.2) is 16.7 Å². The van der Waals surface area contributed by atoms with Gasteiger partial charge in [-0.3, -0.25) is 9.59 Å². The Morgan fingerprint density at radius 2 is 2.05 bits per heavy atom. The van der Waals surface area contributed by atoms with Crippen LogP contribution in [0.4, 0.5) is 0 Å². The van der Waals surface area contributed by atoms with Gasteiger partial charge in [0, 0.05) is 6.54 Å². The van der Waals surface area contributed by atoms with Crippen molar-refractivity contribution in [2.75, 3.05) is 6.54 Å². The molecule has 1 aromatic heterocycles. The van der Waals surface area contributed by atoms with E-state index in [-0.39, 0.29) is 43.5 Å². The maximum absolute atomic E-state index is 11.8. The van der Waals surface area contributed by atoms with Gasteiger partial charge in [-0.25, -0.2) is 0 Å². The van der Waals surface area contributed by atoms with Gasteiger partial charge in [0.25, 0.3) is 5.91 Å². The number of furan rings is 1. The summed E-state index contributed by atoms with van der Waals surface area (Å²) in [6, 6.07) is 1.58. The van der Waals surface area contributed by atoms with Gasteiger partial charge < -0.3 is 20.2 Å². The van der Waals surface area contributed by atoms with Gasteiger partial charge in [0.05, 0.1) is 24.1 Å². The fraction of sp³-hybridized carbons (Fsp3) is 0.538. The third-order valence-corrected chi connectivity index (χ3v) is 2.44. The van der Waals surface area contributed by atoms with Gasteiger partial charge in [0.15, 0.2) is 0 Å². The van der Waals surface area contributed by atoms with Crippen molar-refractivity contribution in [3.63, 3.8) is 0 Å². The molecule has 0 aliphatic carbocycles. The first-order valence-corrected chi connectivity index (χ1v) is 6.20. The van der Waals surface area contributed by atoms with E-state index in [1.54, 1.807) is 26.8 Å². The molecule has 1 rings (SSSR count). The number of ether oxygens (including phenoxy) is 1. The van der Waals surface area contributed by atoms with Crippen LogP contribution in [-0.2, 0) is 16.1 Å². The number of nitrogens with two attached hydrogens (primary N) is 1. The number of carbonyl (C=O) groups is 2. The Bertz CT molecular complexity index is 445. The highest BCUT2D eigenvalue weighted by Crippen LogP contribution is 2.07. The second-order valence-electron chi connectivity index (χ2n) is 4.60. The molecule has 0 aromatic carbocycles. The predicted molar refractivity (Wildman–Crippen MR) is 76.6 cm³/mol. The topological polar surface area (TPSA) is 94.6 Å². The zero-order valence-electron chi connectivity index (χ0n) is 11.8. The first-order chi connectivity index (χ1) is 8.93. The Balaban J connectivity index is 0.00000361. The van der Waals surface area contributed by atoms with Gasteiger partial charge in [-0.15, -0.1) is 12.4 Å². The maximum atomic E-state index is 11.8. The monoisotopic (exact) mass is 304 g/mol. The van der Waals surface area contributed by atoms with Crippen molar-refractivity contribution in [1.82, 2.24) is 5.32 Å². The van der Waals surface area contributed by atoms with Crippen LogP contribution in [0, 0.1) is 5.92 Å². The van der Waals surface area contributed by atoms with Crippen LogP contribution >= 0.6 is 12.4 Å². The Kier molecular flexibility index (Phi) is 7.94. The number of rotatable bonds is 6. The number of esters is 1. The molecule has 1 atom stereocenters. The van der Waals surface area contributed by atoms with E-state index in [9.17, 15) is 9.59 Å². The van der Waals surface area contributed by atoms with E-state index in [1.807, 2.05) is 0 Å². The largest absolute Gasteiger partial charge is 0.467 e. The number of carbonyl (C=O) groups excluding carboxylic acids is 2. The molecular formula is C13H21ClN2O4. The molecule has 6 nitrogen and oxygen atoms in total. The number of nitrogens with one attached hydrogen (secondary N) is 1. The molecule has 0 saturated carbocycles. The molecule has 1 unspecified atom stereocenters. The first-order valence-electron chi connectivity index (χ1n) is 6.20. The van der Waals surface area contributed by atoms with E-state index >= 15 is 0 Å². The Morgan fingerprint density at radius 1 is 1.40 bits per heavy atom. The first kappa shape index (κ1) is 18.5. The molecule has 0 bridgehead atoms. The number of hydrogen-bond acceptors (Lipinski definition) is 5. The molecule has 1 aromatic rings. The minimum Gasteiger partial charge on any atom is -0.467 e. The van der Waals surface area contributed by atoms with Crippen LogP contribution in [-0.4, -0.2) is 24.5 Å². The fourth-order valence-electron chi connectivity index (χ4n) is 1.39. The second kappa shape index (κ2) is 8.60. The quantitative estimate of drug-likeness (QED) is 0.776. The van der Waals surface area contributed by atoms with Crippen LogP contribution in [0.2, 0.25) is 0 Å². The van der Waals surface area contributed by atoms with Gasteiger partial charge in [-0.05, 0) is 19.9 Å². The summed E-state index contributed by atoms with van der Waals surface area (Å²) in [5, 5.41) is 2.65. The molecule has 0 fully saturated rings. The highest BCUT2D eigenvalue weighted by Gasteiger charge is 2.17. The van der Waals surface area contributed by atoms with Crippen LogP contribution in [0.3, 0.4) is 0 Å². The van der Waals surface area contributed by atoms with Crippen molar-refractivity contribution in [3.8, 4) is 0 Å². The fourth-order valence-corrected chi connectivity index (χ4v) is 1.39. The summed E-state index contributed by atoms with van der Waals surface area (Å²) in [6.07, 6.45) is 1.18. The molecular weight excluding hydrogens is 284 g/mol. The van der Waals surface area contributed by atoms with E-state index in [0.29, 0.717) is 11.3 Å². The third-order valence-electron chi connectivity index (χ3n) is 2.44. The molecule has 114 valence electrons. The summed E-state index contributed by atoms with van der Waals surface area (Å²) in [6.45, 7) is 5.72. The Labute approximate surface area is 124 Å². The summed E-state index contributed by atoms with van der Waals surface area (Å²) < 4.78 is 10.1. The average molecular weight is 305 g/mol. The van der Waals surface area contributed by atoms with Gasteiger partial charge in [-0.2, -0.15) is 0 Å². The zero-order chi connectivity index (χ0) is 14.4. The minimum atomic E-state index is -0.396. The van der Waals surface area contributed by atoms with Crippen LogP contribution in [0.5, 0.6) is 0 Å². The highest BCUT2D eigenvalue weighted by molar-refractivity contribution is 5.94. The number of amides is 1. The van der Waals surface area contributed by atoms with Gasteiger partial charge in [0.1, 0.15) is 12.0 Å². The standard InChI is InChI=1S/C13H20N2O4.ClH/c1-8(2)19-13(17)9(3)6-15-12(16)10-4-11(5-14)18-7-10;/h4,7-9H,5-6,14H2,1-3H3,(H,15,16);1H. The number of hydrogen-bond donors (Lipinski definition) is 2. The lowest BCUT2D eigenvalue weighted by atomic mass is 10.2. The van der Waals surface area contributed by atoms with E-state index in [1.165, 1.54) is 6.26 Å². The molecule has 0 spiro atoms. The summed E-state index contributed by atoms with van der Waals surface area (Å²) in [5.74, 6) is -0.484. The molecule has 0 radical (unpaired) electrons. The third kappa shape index (κ3) is 5.63.